The summed E-state index contributed by atoms with van der Waals surface area (Å²) < 4.78 is 37.2. The summed E-state index contributed by atoms with van der Waals surface area (Å²) in [5.41, 5.74) is -0.651. The third kappa shape index (κ3) is 3.13. The minimum absolute atomic E-state index is 0.0231. The standard InChI is InChI=1S/C13H19F3/c1-9-5-6-12(4,7-9)8-10(2)11(3)13(14,15)16/h9H,2-3,5-8H2,1,4H3. The topological polar surface area (TPSA) is 0 Å². The van der Waals surface area contributed by atoms with Crippen molar-refractivity contribution in [1.82, 2.24) is 0 Å². The van der Waals surface area contributed by atoms with E-state index in [4.69, 9.17) is 0 Å². The SMILES string of the molecule is C=C(CC1(C)CCC(C)C1)C(=C)C(F)(F)F. The molecule has 0 heterocycles. The quantitative estimate of drug-likeness (QED) is 0.608. The van der Waals surface area contributed by atoms with Crippen molar-refractivity contribution in [3.05, 3.63) is 24.3 Å². The molecule has 0 radical (unpaired) electrons. The van der Waals surface area contributed by atoms with Gasteiger partial charge in [0.15, 0.2) is 0 Å². The minimum Gasteiger partial charge on any atom is -0.166 e. The molecule has 0 nitrogen and oxygen atoms in total. The van der Waals surface area contributed by atoms with Gasteiger partial charge in [-0.05, 0) is 36.2 Å². The molecule has 1 saturated carbocycles. The molecule has 16 heavy (non-hydrogen) atoms. The van der Waals surface area contributed by atoms with Crippen LogP contribution >= 0.6 is 0 Å². The van der Waals surface area contributed by atoms with Gasteiger partial charge in [0.25, 0.3) is 0 Å². The lowest BCUT2D eigenvalue weighted by atomic mass is 9.80. The van der Waals surface area contributed by atoms with Gasteiger partial charge in [0, 0.05) is 0 Å². The fraction of sp³-hybridized carbons (Fsp3) is 0.692. The predicted octanol–water partition coefficient (Wildman–Crippen LogP) is 4.88. The molecule has 0 N–H and O–H groups in total. The van der Waals surface area contributed by atoms with Crippen molar-refractivity contribution in [2.75, 3.05) is 0 Å². The van der Waals surface area contributed by atoms with Crippen LogP contribution in [0.25, 0.3) is 0 Å². The molecule has 0 saturated heterocycles. The van der Waals surface area contributed by atoms with Crippen molar-refractivity contribution in [2.45, 2.75) is 45.7 Å². The Morgan fingerprint density at radius 3 is 2.31 bits per heavy atom. The number of rotatable bonds is 3. The second-order valence-electron chi connectivity index (χ2n) is 5.42. The van der Waals surface area contributed by atoms with Crippen molar-refractivity contribution in [2.24, 2.45) is 11.3 Å². The highest BCUT2D eigenvalue weighted by molar-refractivity contribution is 5.30. The lowest BCUT2D eigenvalue weighted by Gasteiger charge is -2.26. The van der Waals surface area contributed by atoms with E-state index in [1.807, 2.05) is 6.92 Å². The Balaban J connectivity index is 2.62. The lowest BCUT2D eigenvalue weighted by molar-refractivity contribution is -0.0894. The maximum Gasteiger partial charge on any atom is 0.416 e. The van der Waals surface area contributed by atoms with E-state index in [-0.39, 0.29) is 11.0 Å². The third-order valence-electron chi connectivity index (χ3n) is 3.49. The average Bonchev–Trinajstić information content (AvgIpc) is 2.43. The number of halogens is 3. The molecule has 1 aliphatic carbocycles. The molecule has 0 bridgehead atoms. The summed E-state index contributed by atoms with van der Waals surface area (Å²) in [6.45, 7) is 10.8. The monoisotopic (exact) mass is 232 g/mol. The average molecular weight is 232 g/mol. The first-order valence-corrected chi connectivity index (χ1v) is 5.58. The summed E-state index contributed by atoms with van der Waals surface area (Å²) in [7, 11) is 0. The van der Waals surface area contributed by atoms with Crippen LogP contribution in [-0.4, -0.2) is 6.18 Å². The summed E-state index contributed by atoms with van der Waals surface area (Å²) in [5, 5.41) is 0. The Morgan fingerprint density at radius 1 is 1.38 bits per heavy atom. The predicted molar refractivity (Wildman–Crippen MR) is 60.1 cm³/mol. The molecular formula is C13H19F3. The molecular weight excluding hydrogens is 213 g/mol. The molecule has 92 valence electrons. The van der Waals surface area contributed by atoms with E-state index in [1.54, 1.807) is 0 Å². The smallest absolute Gasteiger partial charge is 0.166 e. The van der Waals surface area contributed by atoms with Crippen molar-refractivity contribution in [3.63, 3.8) is 0 Å². The molecule has 3 heteroatoms. The molecule has 1 rings (SSSR count). The normalized spacial score (nSPS) is 30.4. The van der Waals surface area contributed by atoms with Crippen LogP contribution in [0.5, 0.6) is 0 Å². The van der Waals surface area contributed by atoms with E-state index in [2.05, 4.69) is 20.1 Å². The third-order valence-corrected chi connectivity index (χ3v) is 3.49. The van der Waals surface area contributed by atoms with Crippen LogP contribution in [0.15, 0.2) is 24.3 Å². The Kier molecular flexibility index (Phi) is 3.56. The van der Waals surface area contributed by atoms with E-state index < -0.39 is 11.7 Å². The van der Waals surface area contributed by atoms with Gasteiger partial charge in [-0.2, -0.15) is 13.2 Å². The first-order chi connectivity index (χ1) is 7.14. The van der Waals surface area contributed by atoms with Gasteiger partial charge >= 0.3 is 6.18 Å². The molecule has 2 atom stereocenters. The van der Waals surface area contributed by atoms with Gasteiger partial charge in [-0.3, -0.25) is 0 Å². The van der Waals surface area contributed by atoms with Gasteiger partial charge in [-0.1, -0.05) is 33.4 Å². The van der Waals surface area contributed by atoms with Crippen molar-refractivity contribution >= 4 is 0 Å². The Hall–Kier alpha value is -0.730. The highest BCUT2D eigenvalue weighted by Gasteiger charge is 2.38. The zero-order chi connectivity index (χ0) is 12.6. The molecule has 0 aliphatic heterocycles. The van der Waals surface area contributed by atoms with E-state index in [1.165, 1.54) is 0 Å². The van der Waals surface area contributed by atoms with Crippen molar-refractivity contribution < 1.29 is 13.2 Å². The van der Waals surface area contributed by atoms with Crippen LogP contribution in [-0.2, 0) is 0 Å². The zero-order valence-electron chi connectivity index (χ0n) is 9.95. The highest BCUT2D eigenvalue weighted by atomic mass is 19.4. The lowest BCUT2D eigenvalue weighted by Crippen LogP contribution is -2.18. The van der Waals surface area contributed by atoms with E-state index in [9.17, 15) is 13.2 Å². The van der Waals surface area contributed by atoms with E-state index >= 15 is 0 Å². The fourth-order valence-electron chi connectivity index (χ4n) is 2.62. The van der Waals surface area contributed by atoms with Gasteiger partial charge in [0.2, 0.25) is 0 Å². The molecule has 0 amide bonds. The van der Waals surface area contributed by atoms with E-state index in [0.717, 1.165) is 19.3 Å². The van der Waals surface area contributed by atoms with Gasteiger partial charge in [0.1, 0.15) is 0 Å². The van der Waals surface area contributed by atoms with Crippen LogP contribution in [0.1, 0.15) is 39.5 Å². The highest BCUT2D eigenvalue weighted by Crippen LogP contribution is 2.47. The zero-order valence-corrected chi connectivity index (χ0v) is 9.95. The van der Waals surface area contributed by atoms with Gasteiger partial charge in [-0.25, -0.2) is 0 Å². The molecule has 0 aromatic heterocycles. The Bertz CT molecular complexity index is 301. The summed E-state index contributed by atoms with van der Waals surface area (Å²) in [4.78, 5) is 0. The number of allylic oxidation sites excluding steroid dienone is 2. The molecule has 1 aliphatic rings. The number of hydrogen-bond donors (Lipinski definition) is 0. The second kappa shape index (κ2) is 4.27. The summed E-state index contributed by atoms with van der Waals surface area (Å²) in [5.74, 6) is 0.608. The minimum atomic E-state index is -4.34. The van der Waals surface area contributed by atoms with Crippen LogP contribution < -0.4 is 0 Å². The Morgan fingerprint density at radius 2 is 1.94 bits per heavy atom. The Labute approximate surface area is 95.2 Å². The first-order valence-electron chi connectivity index (χ1n) is 5.58. The summed E-state index contributed by atoms with van der Waals surface area (Å²) in [6.07, 6.45) is -0.856. The van der Waals surface area contributed by atoms with Gasteiger partial charge in [0.05, 0.1) is 5.57 Å². The van der Waals surface area contributed by atoms with Crippen LogP contribution in [0.3, 0.4) is 0 Å². The van der Waals surface area contributed by atoms with Crippen LogP contribution in [0.4, 0.5) is 13.2 Å². The fourth-order valence-corrected chi connectivity index (χ4v) is 2.62. The largest absolute Gasteiger partial charge is 0.416 e. The molecule has 0 aromatic carbocycles. The van der Waals surface area contributed by atoms with E-state index in [0.29, 0.717) is 12.3 Å². The maximum absolute atomic E-state index is 12.4. The summed E-state index contributed by atoms with van der Waals surface area (Å²) in [6, 6.07) is 0. The van der Waals surface area contributed by atoms with Gasteiger partial charge < -0.3 is 0 Å². The molecule has 2 unspecified atom stereocenters. The molecule has 0 spiro atoms. The van der Waals surface area contributed by atoms with Gasteiger partial charge in [-0.15, -0.1) is 0 Å². The summed E-state index contributed by atoms with van der Waals surface area (Å²) >= 11 is 0. The maximum atomic E-state index is 12.4. The van der Waals surface area contributed by atoms with Crippen molar-refractivity contribution in [1.29, 1.82) is 0 Å². The van der Waals surface area contributed by atoms with Crippen molar-refractivity contribution in [3.8, 4) is 0 Å². The second-order valence-corrected chi connectivity index (χ2v) is 5.42. The number of alkyl halides is 3. The molecule has 1 fully saturated rings. The molecule has 0 aromatic rings. The van der Waals surface area contributed by atoms with Crippen LogP contribution in [0, 0.1) is 11.3 Å². The number of hydrogen-bond acceptors (Lipinski definition) is 0. The van der Waals surface area contributed by atoms with Crippen LogP contribution in [0.2, 0.25) is 0 Å². The first kappa shape index (κ1) is 13.3.